The zero-order valence-corrected chi connectivity index (χ0v) is 16.0. The van der Waals surface area contributed by atoms with Crippen LogP contribution >= 0.6 is 11.6 Å². The predicted molar refractivity (Wildman–Crippen MR) is 114 cm³/mol. The Hall–Kier alpha value is -3.02. The average Bonchev–Trinajstić information content (AvgIpc) is 3.08. The number of nitrogens with one attached hydrogen (secondary N) is 3. The Balaban J connectivity index is 1.65. The first-order valence-corrected chi connectivity index (χ1v) is 9.38. The van der Waals surface area contributed by atoms with E-state index in [1.807, 2.05) is 31.2 Å². The summed E-state index contributed by atoms with van der Waals surface area (Å²) in [5, 5.41) is 15.3. The molecule has 0 bridgehead atoms. The number of halogens is 1. The number of anilines is 1. The van der Waals surface area contributed by atoms with Gasteiger partial charge in [-0.25, -0.2) is 0 Å². The van der Waals surface area contributed by atoms with Crippen LogP contribution in [0.25, 0.3) is 22.2 Å². The molecular formula is C22H20ClN3O2. The number of aryl methyl sites for hydroxylation is 1. The lowest BCUT2D eigenvalue weighted by Crippen LogP contribution is -2.16. The zero-order valence-electron chi connectivity index (χ0n) is 15.3. The average molecular weight is 394 g/mol. The van der Waals surface area contributed by atoms with Crippen LogP contribution in [0.1, 0.15) is 17.2 Å². The number of aromatic amines is 2. The van der Waals surface area contributed by atoms with Gasteiger partial charge in [0, 0.05) is 28.7 Å². The zero-order chi connectivity index (χ0) is 19.7. The summed E-state index contributed by atoms with van der Waals surface area (Å²) in [4.78, 5) is 18.6. The number of hydrogen-bond donors (Lipinski definition) is 4. The van der Waals surface area contributed by atoms with Crippen molar-refractivity contribution in [3.63, 3.8) is 0 Å². The molecule has 0 aliphatic heterocycles. The van der Waals surface area contributed by atoms with E-state index in [-0.39, 0.29) is 12.1 Å². The maximum atomic E-state index is 12.5. The van der Waals surface area contributed by atoms with Gasteiger partial charge in [0.1, 0.15) is 0 Å². The molecule has 0 spiro atoms. The third kappa shape index (κ3) is 3.67. The van der Waals surface area contributed by atoms with Crippen molar-refractivity contribution >= 4 is 28.2 Å². The third-order valence-electron chi connectivity index (χ3n) is 4.73. The van der Waals surface area contributed by atoms with E-state index in [9.17, 15) is 9.90 Å². The van der Waals surface area contributed by atoms with Gasteiger partial charge in [-0.3, -0.25) is 4.79 Å². The van der Waals surface area contributed by atoms with E-state index in [0.717, 1.165) is 22.2 Å². The Morgan fingerprint density at radius 1 is 1.14 bits per heavy atom. The molecule has 2 heterocycles. The highest BCUT2D eigenvalue weighted by Gasteiger charge is 2.14. The number of pyridine rings is 1. The summed E-state index contributed by atoms with van der Waals surface area (Å²) in [6.07, 6.45) is 0.836. The van der Waals surface area contributed by atoms with Gasteiger partial charge in [0.15, 0.2) is 0 Å². The fraction of sp³-hybridized carbons (Fsp3) is 0.136. The summed E-state index contributed by atoms with van der Waals surface area (Å²) < 4.78 is 0. The Bertz CT molecular complexity index is 1200. The Morgan fingerprint density at radius 3 is 2.82 bits per heavy atom. The third-order valence-corrected chi connectivity index (χ3v) is 4.96. The molecule has 4 N–H and O–H groups in total. The largest absolute Gasteiger partial charge is 0.387 e. The highest BCUT2D eigenvalue weighted by molar-refractivity contribution is 6.30. The maximum Gasteiger partial charge on any atom is 0.259 e. The van der Waals surface area contributed by atoms with Gasteiger partial charge in [-0.05, 0) is 48.9 Å². The van der Waals surface area contributed by atoms with Crippen molar-refractivity contribution in [2.45, 2.75) is 13.0 Å². The molecule has 0 fully saturated rings. The summed E-state index contributed by atoms with van der Waals surface area (Å²) in [5.74, 6) is 0. The van der Waals surface area contributed by atoms with E-state index >= 15 is 0 Å². The maximum absolute atomic E-state index is 12.5. The number of aliphatic hydroxyl groups is 1. The molecule has 4 aromatic rings. The van der Waals surface area contributed by atoms with Crippen molar-refractivity contribution in [1.29, 1.82) is 0 Å². The Kier molecular flexibility index (Phi) is 4.94. The Labute approximate surface area is 167 Å². The van der Waals surface area contributed by atoms with Crippen LogP contribution in [0.2, 0.25) is 5.02 Å². The number of aliphatic hydroxyl groups excluding tert-OH is 1. The number of benzene rings is 2. The quantitative estimate of drug-likeness (QED) is 0.399. The molecule has 28 heavy (non-hydrogen) atoms. The minimum absolute atomic E-state index is 0.203. The number of H-pyrrole nitrogens is 2. The van der Waals surface area contributed by atoms with Crippen LogP contribution in [0, 0.1) is 6.92 Å². The van der Waals surface area contributed by atoms with E-state index in [1.165, 1.54) is 0 Å². The molecule has 6 heteroatoms. The van der Waals surface area contributed by atoms with Gasteiger partial charge < -0.3 is 20.4 Å². The minimum atomic E-state index is -0.754. The van der Waals surface area contributed by atoms with Crippen LogP contribution in [0.5, 0.6) is 0 Å². The van der Waals surface area contributed by atoms with Crippen molar-refractivity contribution in [2.75, 3.05) is 11.9 Å². The molecule has 5 nitrogen and oxygen atoms in total. The summed E-state index contributed by atoms with van der Waals surface area (Å²) in [7, 11) is 0. The molecule has 1 atom stereocenters. The highest BCUT2D eigenvalue weighted by atomic mass is 35.5. The summed E-state index contributed by atoms with van der Waals surface area (Å²) in [5.41, 5.74) is 4.51. The lowest BCUT2D eigenvalue weighted by Gasteiger charge is -2.15. The summed E-state index contributed by atoms with van der Waals surface area (Å²) in [6.45, 7) is 2.28. The standard InChI is InChI=1S/C22H20ClN3O2/c1-13-5-6-17-15(9-13)11-19(26-17)21-18(7-8-24-22(21)28)25-12-20(27)14-3-2-4-16(23)10-14/h2-11,20,26-27H,12H2,1H3,(H2,24,25,28)/t20-/m1/s1. The van der Waals surface area contributed by atoms with E-state index in [2.05, 4.69) is 21.4 Å². The molecule has 2 aromatic heterocycles. The fourth-order valence-electron chi connectivity index (χ4n) is 3.32. The molecular weight excluding hydrogens is 374 g/mol. The van der Waals surface area contributed by atoms with Crippen molar-refractivity contribution < 1.29 is 5.11 Å². The number of rotatable bonds is 5. The van der Waals surface area contributed by atoms with Crippen LogP contribution in [0.4, 0.5) is 5.69 Å². The summed E-state index contributed by atoms with van der Waals surface area (Å²) >= 11 is 6.00. The molecule has 0 radical (unpaired) electrons. The van der Waals surface area contributed by atoms with E-state index in [4.69, 9.17) is 11.6 Å². The number of hydrogen-bond acceptors (Lipinski definition) is 3. The lowest BCUT2D eigenvalue weighted by molar-refractivity contribution is 0.191. The molecule has 4 rings (SSSR count). The van der Waals surface area contributed by atoms with Gasteiger partial charge in [-0.1, -0.05) is 35.4 Å². The van der Waals surface area contributed by atoms with Crippen molar-refractivity contribution in [1.82, 2.24) is 9.97 Å². The highest BCUT2D eigenvalue weighted by Crippen LogP contribution is 2.28. The molecule has 0 saturated carbocycles. The molecule has 0 aliphatic carbocycles. The molecule has 0 aliphatic rings. The van der Waals surface area contributed by atoms with Crippen molar-refractivity contribution in [3.05, 3.63) is 87.3 Å². The number of fused-ring (bicyclic) bond motifs is 1. The first kappa shape index (κ1) is 18.3. The molecule has 0 unspecified atom stereocenters. The molecule has 0 saturated heterocycles. The number of aromatic nitrogens is 2. The van der Waals surface area contributed by atoms with Gasteiger partial charge in [-0.2, -0.15) is 0 Å². The van der Waals surface area contributed by atoms with Gasteiger partial charge in [0.05, 0.1) is 23.0 Å². The lowest BCUT2D eigenvalue weighted by atomic mass is 10.1. The van der Waals surface area contributed by atoms with Gasteiger partial charge >= 0.3 is 0 Å². The second kappa shape index (κ2) is 7.54. The smallest absolute Gasteiger partial charge is 0.259 e. The molecule has 0 amide bonds. The first-order valence-electron chi connectivity index (χ1n) is 9.00. The van der Waals surface area contributed by atoms with Crippen molar-refractivity contribution in [3.8, 4) is 11.3 Å². The van der Waals surface area contributed by atoms with Gasteiger partial charge in [0.2, 0.25) is 0 Å². The fourth-order valence-corrected chi connectivity index (χ4v) is 3.52. The summed E-state index contributed by atoms with van der Waals surface area (Å²) in [6, 6.07) is 17.0. The monoisotopic (exact) mass is 393 g/mol. The van der Waals surface area contributed by atoms with Crippen LogP contribution in [-0.4, -0.2) is 21.6 Å². The van der Waals surface area contributed by atoms with Crippen molar-refractivity contribution in [2.24, 2.45) is 0 Å². The SMILES string of the molecule is Cc1ccc2[nH]c(-c3c(NC[C@@H](O)c4cccc(Cl)c4)cc[nH]c3=O)cc2c1. The van der Waals surface area contributed by atoms with Gasteiger partial charge in [-0.15, -0.1) is 0 Å². The minimum Gasteiger partial charge on any atom is -0.387 e. The topological polar surface area (TPSA) is 80.9 Å². The van der Waals surface area contributed by atoms with Crippen LogP contribution in [0.15, 0.2) is 65.6 Å². The van der Waals surface area contributed by atoms with Gasteiger partial charge in [0.25, 0.3) is 5.56 Å². The second-order valence-corrected chi connectivity index (χ2v) is 7.26. The predicted octanol–water partition coefficient (Wildman–Crippen LogP) is 4.63. The van der Waals surface area contributed by atoms with E-state index in [0.29, 0.717) is 21.8 Å². The molecule has 142 valence electrons. The normalized spacial score (nSPS) is 12.2. The Morgan fingerprint density at radius 2 is 2.00 bits per heavy atom. The second-order valence-electron chi connectivity index (χ2n) is 6.82. The van der Waals surface area contributed by atoms with Crippen LogP contribution < -0.4 is 10.9 Å². The van der Waals surface area contributed by atoms with Crippen LogP contribution in [0.3, 0.4) is 0 Å². The van der Waals surface area contributed by atoms with Crippen LogP contribution in [-0.2, 0) is 0 Å². The van der Waals surface area contributed by atoms with E-state index < -0.39 is 6.10 Å². The first-order chi connectivity index (χ1) is 13.5. The van der Waals surface area contributed by atoms with E-state index in [1.54, 1.807) is 30.5 Å². The molecule has 2 aromatic carbocycles.